The summed E-state index contributed by atoms with van der Waals surface area (Å²) < 4.78 is 5.40. The third-order valence-electron chi connectivity index (χ3n) is 6.18. The normalized spacial score (nSPS) is 18.6. The quantitative estimate of drug-likeness (QED) is 0.598. The van der Waals surface area contributed by atoms with Gasteiger partial charge in [0.2, 0.25) is 5.91 Å². The number of hydrogen-bond acceptors (Lipinski definition) is 5. The fraction of sp³-hybridized carbons (Fsp3) is 0.407. The second-order valence-corrected chi connectivity index (χ2v) is 9.98. The molecule has 2 aromatic rings. The number of hydrogen-bond donors (Lipinski definition) is 0. The Bertz CT molecular complexity index is 1110. The van der Waals surface area contributed by atoms with Gasteiger partial charge in [-0.25, -0.2) is 9.59 Å². The van der Waals surface area contributed by atoms with Crippen LogP contribution in [0.5, 0.6) is 0 Å². The van der Waals surface area contributed by atoms with Crippen molar-refractivity contribution in [2.45, 2.75) is 39.0 Å². The molecular weight excluding hydrogens is 460 g/mol. The molecule has 1 atom stereocenters. The van der Waals surface area contributed by atoms with Crippen molar-refractivity contribution in [3.8, 4) is 0 Å². The van der Waals surface area contributed by atoms with Gasteiger partial charge in [0, 0.05) is 32.7 Å². The van der Waals surface area contributed by atoms with Crippen LogP contribution in [0.2, 0.25) is 0 Å². The van der Waals surface area contributed by atoms with E-state index >= 15 is 0 Å². The molecule has 2 fully saturated rings. The first-order valence-electron chi connectivity index (χ1n) is 12.1. The number of urea groups is 1. The topological polar surface area (TPSA) is 90.5 Å². The predicted molar refractivity (Wildman–Crippen MR) is 133 cm³/mol. The zero-order valence-corrected chi connectivity index (χ0v) is 20.9. The van der Waals surface area contributed by atoms with Crippen molar-refractivity contribution in [2.75, 3.05) is 32.7 Å². The molecule has 36 heavy (non-hydrogen) atoms. The standard InChI is InChI=1S/C27H32N4O5/c1-27(2,3)36-26(35)29-16-14-28(15-17-29)22(32)19-31-24(33)23(21-12-8-5-9-13-21)30(25(31)34)18-20-10-6-4-7-11-20/h4-13,23H,14-19H2,1-3H3. The van der Waals surface area contributed by atoms with Gasteiger partial charge >= 0.3 is 12.1 Å². The number of rotatable bonds is 5. The number of amides is 5. The average molecular weight is 493 g/mol. The van der Waals surface area contributed by atoms with Gasteiger partial charge in [0.1, 0.15) is 18.2 Å². The summed E-state index contributed by atoms with van der Waals surface area (Å²) in [7, 11) is 0. The summed E-state index contributed by atoms with van der Waals surface area (Å²) in [6.45, 7) is 6.61. The largest absolute Gasteiger partial charge is 0.444 e. The lowest BCUT2D eigenvalue weighted by Crippen LogP contribution is -2.53. The van der Waals surface area contributed by atoms with Crippen molar-refractivity contribution in [1.82, 2.24) is 19.6 Å². The van der Waals surface area contributed by atoms with Crippen molar-refractivity contribution < 1.29 is 23.9 Å². The number of nitrogens with zero attached hydrogens (tertiary/aromatic N) is 4. The number of benzene rings is 2. The van der Waals surface area contributed by atoms with Gasteiger partial charge in [-0.15, -0.1) is 0 Å². The van der Waals surface area contributed by atoms with Gasteiger partial charge in [-0.1, -0.05) is 60.7 Å². The molecule has 2 aromatic carbocycles. The van der Waals surface area contributed by atoms with Crippen LogP contribution in [0.4, 0.5) is 9.59 Å². The Morgan fingerprint density at radius 1 is 0.861 bits per heavy atom. The Balaban J connectivity index is 1.44. The van der Waals surface area contributed by atoms with E-state index in [1.54, 1.807) is 30.6 Å². The highest BCUT2D eigenvalue weighted by atomic mass is 16.6. The van der Waals surface area contributed by atoms with Gasteiger partial charge < -0.3 is 19.4 Å². The summed E-state index contributed by atoms with van der Waals surface area (Å²) >= 11 is 0. The Labute approximate surface area is 211 Å². The summed E-state index contributed by atoms with van der Waals surface area (Å²) in [6, 6.07) is 17.3. The molecular formula is C27H32N4O5. The highest BCUT2D eigenvalue weighted by molar-refractivity contribution is 6.06. The van der Waals surface area contributed by atoms with Crippen LogP contribution in [0.15, 0.2) is 60.7 Å². The second-order valence-electron chi connectivity index (χ2n) is 9.98. The van der Waals surface area contributed by atoms with Gasteiger partial charge in [-0.05, 0) is 31.9 Å². The summed E-state index contributed by atoms with van der Waals surface area (Å²) in [5.74, 6) is -0.739. The van der Waals surface area contributed by atoms with E-state index < -0.39 is 29.7 Å². The monoisotopic (exact) mass is 492 g/mol. The minimum atomic E-state index is -0.796. The van der Waals surface area contributed by atoms with Crippen LogP contribution >= 0.6 is 0 Å². The van der Waals surface area contributed by atoms with Gasteiger partial charge in [-0.2, -0.15) is 0 Å². The minimum Gasteiger partial charge on any atom is -0.444 e. The molecule has 2 aliphatic rings. The van der Waals surface area contributed by atoms with Gasteiger partial charge in [-0.3, -0.25) is 14.5 Å². The van der Waals surface area contributed by atoms with Crippen LogP contribution in [-0.2, 0) is 20.9 Å². The average Bonchev–Trinajstić information content (AvgIpc) is 3.08. The fourth-order valence-electron chi connectivity index (χ4n) is 4.38. The lowest BCUT2D eigenvalue weighted by Gasteiger charge is -2.36. The Morgan fingerprint density at radius 3 is 2.00 bits per heavy atom. The van der Waals surface area contributed by atoms with Gasteiger partial charge in [0.25, 0.3) is 5.91 Å². The van der Waals surface area contributed by atoms with Crippen molar-refractivity contribution in [1.29, 1.82) is 0 Å². The molecule has 0 bridgehead atoms. The number of carbonyl (C=O) groups excluding carboxylic acids is 4. The summed E-state index contributed by atoms with van der Waals surface area (Å²) in [6.07, 6.45) is -0.415. The predicted octanol–water partition coefficient (Wildman–Crippen LogP) is 3.27. The maximum atomic E-state index is 13.4. The van der Waals surface area contributed by atoms with E-state index in [0.717, 1.165) is 10.5 Å². The molecule has 0 saturated carbocycles. The van der Waals surface area contributed by atoms with Crippen LogP contribution in [-0.4, -0.2) is 81.9 Å². The smallest absolute Gasteiger partial charge is 0.410 e. The molecule has 0 aromatic heterocycles. The third kappa shape index (κ3) is 5.67. The molecule has 5 amide bonds. The molecule has 9 nitrogen and oxygen atoms in total. The van der Waals surface area contributed by atoms with E-state index in [1.807, 2.05) is 60.7 Å². The zero-order valence-electron chi connectivity index (χ0n) is 20.9. The van der Waals surface area contributed by atoms with E-state index in [9.17, 15) is 19.2 Å². The summed E-state index contributed by atoms with van der Waals surface area (Å²) in [4.78, 5) is 57.9. The first kappa shape index (κ1) is 25.2. The third-order valence-corrected chi connectivity index (χ3v) is 6.18. The van der Waals surface area contributed by atoms with Crippen LogP contribution in [0, 0.1) is 0 Å². The molecule has 1 unspecified atom stereocenters. The van der Waals surface area contributed by atoms with E-state index in [2.05, 4.69) is 0 Å². The number of carbonyl (C=O) groups is 4. The highest BCUT2D eigenvalue weighted by Gasteiger charge is 2.47. The molecule has 0 radical (unpaired) electrons. The van der Waals surface area contributed by atoms with Gasteiger partial charge in [0.05, 0.1) is 0 Å². The van der Waals surface area contributed by atoms with Crippen molar-refractivity contribution in [3.05, 3.63) is 71.8 Å². The number of imide groups is 1. The first-order valence-corrected chi connectivity index (χ1v) is 12.1. The van der Waals surface area contributed by atoms with E-state index in [1.165, 1.54) is 4.90 Å². The molecule has 190 valence electrons. The maximum absolute atomic E-state index is 13.4. The fourth-order valence-corrected chi connectivity index (χ4v) is 4.38. The van der Waals surface area contributed by atoms with Crippen LogP contribution < -0.4 is 0 Å². The maximum Gasteiger partial charge on any atom is 0.410 e. The Morgan fingerprint density at radius 2 is 1.42 bits per heavy atom. The van der Waals surface area contributed by atoms with Crippen molar-refractivity contribution in [2.24, 2.45) is 0 Å². The minimum absolute atomic E-state index is 0.254. The van der Waals surface area contributed by atoms with Crippen molar-refractivity contribution >= 4 is 23.9 Å². The molecule has 9 heteroatoms. The molecule has 0 aliphatic carbocycles. The number of ether oxygens (including phenoxy) is 1. The second kappa shape index (κ2) is 10.4. The van der Waals surface area contributed by atoms with E-state index in [0.29, 0.717) is 31.7 Å². The summed E-state index contributed by atoms with van der Waals surface area (Å²) in [5, 5.41) is 0. The van der Waals surface area contributed by atoms with Crippen molar-refractivity contribution in [3.63, 3.8) is 0 Å². The molecule has 2 aliphatic heterocycles. The highest BCUT2D eigenvalue weighted by Crippen LogP contribution is 2.32. The van der Waals surface area contributed by atoms with Gasteiger partial charge in [0.15, 0.2) is 0 Å². The molecule has 2 heterocycles. The number of piperazine rings is 1. The van der Waals surface area contributed by atoms with E-state index in [-0.39, 0.29) is 19.0 Å². The lowest BCUT2D eigenvalue weighted by molar-refractivity contribution is -0.138. The lowest BCUT2D eigenvalue weighted by atomic mass is 10.1. The first-order chi connectivity index (χ1) is 17.1. The van der Waals surface area contributed by atoms with Crippen LogP contribution in [0.1, 0.15) is 37.9 Å². The zero-order chi connectivity index (χ0) is 25.9. The Hall–Kier alpha value is -3.88. The molecule has 0 spiro atoms. The van der Waals surface area contributed by atoms with E-state index in [4.69, 9.17) is 4.74 Å². The SMILES string of the molecule is CC(C)(C)OC(=O)N1CCN(C(=O)CN2C(=O)C(c3ccccc3)N(Cc3ccccc3)C2=O)CC1. The summed E-state index contributed by atoms with van der Waals surface area (Å²) in [5.41, 5.74) is 1.00. The molecule has 4 rings (SSSR count). The molecule has 0 N–H and O–H groups in total. The molecule has 2 saturated heterocycles. The van der Waals surface area contributed by atoms with Crippen LogP contribution in [0.25, 0.3) is 0 Å². The van der Waals surface area contributed by atoms with Crippen LogP contribution in [0.3, 0.4) is 0 Å². The Kier molecular flexibility index (Phi) is 7.28.